The molecule has 0 radical (unpaired) electrons. The quantitative estimate of drug-likeness (QED) is 0.200. The fourth-order valence-corrected chi connectivity index (χ4v) is 9.54. The van der Waals surface area contributed by atoms with Crippen LogP contribution in [-0.2, 0) is 0 Å². The third kappa shape index (κ3) is 8.25. The molecule has 2 unspecified atom stereocenters. The number of piperidine rings is 2. The zero-order valence-corrected chi connectivity index (χ0v) is 30.2. The van der Waals surface area contributed by atoms with Gasteiger partial charge in [0.25, 0.3) is 0 Å². The van der Waals surface area contributed by atoms with Crippen LogP contribution in [0.25, 0.3) is 21.1 Å². The molecule has 260 valence electrons. The van der Waals surface area contributed by atoms with Crippen LogP contribution >= 0.6 is 31.9 Å². The standard InChI is InChI=1S/2C21H22BrN.3CH4/c2*1-23-12-10-15(11-13-23)21-17-7-3-2-6-16(17)14-20(22)18-8-4-5-9-19(18)21;;;/h2*2-9,14-15,21H,10-13H2,1H3;3*1H4. The molecule has 2 aliphatic heterocycles. The molecule has 2 heterocycles. The van der Waals surface area contributed by atoms with Crippen LogP contribution in [0.4, 0.5) is 0 Å². The van der Waals surface area contributed by atoms with E-state index in [0.29, 0.717) is 11.8 Å². The molecule has 8 rings (SSSR count). The summed E-state index contributed by atoms with van der Waals surface area (Å²) in [7, 11) is 4.48. The second kappa shape index (κ2) is 17.4. The highest BCUT2D eigenvalue weighted by molar-refractivity contribution is 9.15. The van der Waals surface area contributed by atoms with Gasteiger partial charge in [-0.15, -0.1) is 0 Å². The normalized spacial score (nSPS) is 20.7. The van der Waals surface area contributed by atoms with Crippen LogP contribution in [0.5, 0.6) is 0 Å². The van der Waals surface area contributed by atoms with Crippen LogP contribution in [0.1, 0.15) is 104 Å². The van der Waals surface area contributed by atoms with E-state index in [1.165, 1.54) is 105 Å². The molecule has 2 aliphatic carbocycles. The van der Waals surface area contributed by atoms with Gasteiger partial charge in [0.05, 0.1) is 0 Å². The second-order valence-corrected chi connectivity index (χ2v) is 15.4. The van der Waals surface area contributed by atoms with Gasteiger partial charge in [0.1, 0.15) is 0 Å². The average molecular weight is 785 g/mol. The minimum Gasteiger partial charge on any atom is -0.306 e. The van der Waals surface area contributed by atoms with Gasteiger partial charge in [-0.05, 0) is 134 Å². The summed E-state index contributed by atoms with van der Waals surface area (Å²) in [6.07, 6.45) is 9.71. The fourth-order valence-electron chi connectivity index (χ4n) is 8.33. The smallest absolute Gasteiger partial charge is 0.0256 e. The lowest BCUT2D eigenvalue weighted by Crippen LogP contribution is -2.33. The van der Waals surface area contributed by atoms with E-state index < -0.39 is 0 Å². The van der Waals surface area contributed by atoms with E-state index in [-0.39, 0.29) is 22.3 Å². The van der Waals surface area contributed by atoms with Crippen molar-refractivity contribution in [3.05, 3.63) is 142 Å². The van der Waals surface area contributed by atoms with Gasteiger partial charge in [0.2, 0.25) is 0 Å². The number of benzene rings is 4. The maximum Gasteiger partial charge on any atom is 0.0256 e. The number of fused-ring (bicyclic) bond motifs is 4. The third-order valence-electron chi connectivity index (χ3n) is 10.8. The first-order chi connectivity index (χ1) is 22.5. The molecule has 2 atom stereocenters. The van der Waals surface area contributed by atoms with Crippen LogP contribution in [-0.4, -0.2) is 50.1 Å². The Morgan fingerprint density at radius 3 is 1.12 bits per heavy atom. The van der Waals surface area contributed by atoms with Crippen molar-refractivity contribution >= 4 is 53.0 Å². The van der Waals surface area contributed by atoms with Gasteiger partial charge in [-0.3, -0.25) is 0 Å². The molecule has 4 aliphatic rings. The predicted octanol–water partition coefficient (Wildman–Crippen LogP) is 12.6. The monoisotopic (exact) mass is 782 g/mol. The highest BCUT2D eigenvalue weighted by atomic mass is 79.9. The summed E-state index contributed by atoms with van der Waals surface area (Å²) >= 11 is 7.64. The van der Waals surface area contributed by atoms with Crippen LogP contribution < -0.4 is 0 Å². The van der Waals surface area contributed by atoms with Crippen LogP contribution in [0.2, 0.25) is 0 Å². The first-order valence-electron chi connectivity index (χ1n) is 17.0. The van der Waals surface area contributed by atoms with Crippen molar-refractivity contribution < 1.29 is 0 Å². The molecule has 0 aromatic heterocycles. The number of hydrogen-bond donors (Lipinski definition) is 0. The van der Waals surface area contributed by atoms with Gasteiger partial charge in [-0.25, -0.2) is 0 Å². The number of nitrogens with zero attached hydrogens (tertiary/aromatic N) is 2. The summed E-state index contributed by atoms with van der Waals surface area (Å²) < 4.78 is 2.41. The van der Waals surface area contributed by atoms with Crippen molar-refractivity contribution in [2.45, 2.75) is 59.8 Å². The van der Waals surface area contributed by atoms with Gasteiger partial charge < -0.3 is 9.80 Å². The molecule has 0 bridgehead atoms. The highest BCUT2D eigenvalue weighted by Crippen LogP contribution is 2.47. The molecule has 4 aromatic carbocycles. The zero-order chi connectivity index (χ0) is 31.6. The Balaban J connectivity index is 0.000000208. The lowest BCUT2D eigenvalue weighted by atomic mass is 9.74. The lowest BCUT2D eigenvalue weighted by molar-refractivity contribution is 0.207. The average Bonchev–Trinajstić information content (AvgIpc) is 3.29. The van der Waals surface area contributed by atoms with E-state index in [4.69, 9.17) is 0 Å². The molecule has 2 nitrogen and oxygen atoms in total. The molecule has 4 aromatic rings. The molecule has 49 heavy (non-hydrogen) atoms. The van der Waals surface area contributed by atoms with Gasteiger partial charge in [-0.2, -0.15) is 0 Å². The maximum atomic E-state index is 3.82. The van der Waals surface area contributed by atoms with E-state index in [9.17, 15) is 0 Å². The SMILES string of the molecule is C.C.C.CN1CCC(C2c3ccccc3C=C(Br)c3ccccc32)CC1.CN1CCC(C2c3ccccc3C=C(Br)c3ccccc32)CC1. The molecule has 0 spiro atoms. The van der Waals surface area contributed by atoms with Crippen LogP contribution in [0.15, 0.2) is 97.1 Å². The summed E-state index contributed by atoms with van der Waals surface area (Å²) in [4.78, 5) is 4.92. The molecule has 2 saturated heterocycles. The number of halogens is 2. The van der Waals surface area contributed by atoms with Crippen molar-refractivity contribution in [1.29, 1.82) is 0 Å². The molecule has 0 saturated carbocycles. The van der Waals surface area contributed by atoms with Crippen molar-refractivity contribution in [3.8, 4) is 0 Å². The van der Waals surface area contributed by atoms with E-state index in [1.807, 2.05) is 0 Å². The minimum atomic E-state index is 0. The van der Waals surface area contributed by atoms with Crippen LogP contribution in [0.3, 0.4) is 0 Å². The Bertz CT molecular complexity index is 1610. The molecule has 0 N–H and O–H groups in total. The van der Waals surface area contributed by atoms with Crippen LogP contribution in [0, 0.1) is 11.8 Å². The molecular formula is C45H56Br2N2. The Kier molecular flexibility index (Phi) is 13.9. The van der Waals surface area contributed by atoms with Gasteiger partial charge in [-0.1, -0.05) is 151 Å². The summed E-state index contributed by atoms with van der Waals surface area (Å²) in [5.74, 6) is 2.45. The van der Waals surface area contributed by atoms with Crippen molar-refractivity contribution in [2.75, 3.05) is 40.3 Å². The van der Waals surface area contributed by atoms with E-state index >= 15 is 0 Å². The van der Waals surface area contributed by atoms with Gasteiger partial charge in [0, 0.05) is 20.8 Å². The van der Waals surface area contributed by atoms with E-state index in [2.05, 4.69) is 165 Å². The van der Waals surface area contributed by atoms with Crippen molar-refractivity contribution in [1.82, 2.24) is 9.80 Å². The summed E-state index contributed by atoms with van der Waals surface area (Å²) in [6.45, 7) is 4.83. The number of likely N-dealkylation sites (tertiary alicyclic amines) is 2. The molecule has 0 amide bonds. The van der Waals surface area contributed by atoms with E-state index in [1.54, 1.807) is 0 Å². The Morgan fingerprint density at radius 2 is 0.755 bits per heavy atom. The van der Waals surface area contributed by atoms with Crippen molar-refractivity contribution in [2.24, 2.45) is 11.8 Å². The zero-order valence-electron chi connectivity index (χ0n) is 27.0. The van der Waals surface area contributed by atoms with Gasteiger partial charge >= 0.3 is 0 Å². The van der Waals surface area contributed by atoms with E-state index in [0.717, 1.165) is 11.8 Å². The third-order valence-corrected chi connectivity index (χ3v) is 12.1. The minimum absolute atomic E-state index is 0. The number of hydrogen-bond acceptors (Lipinski definition) is 2. The molecule has 2 fully saturated rings. The van der Waals surface area contributed by atoms with Gasteiger partial charge in [0.15, 0.2) is 0 Å². The maximum absolute atomic E-state index is 3.82. The lowest BCUT2D eigenvalue weighted by Gasteiger charge is -2.35. The Morgan fingerprint density at radius 1 is 0.449 bits per heavy atom. The summed E-state index contributed by atoms with van der Waals surface area (Å²) in [5, 5.41) is 0. The first-order valence-corrected chi connectivity index (χ1v) is 18.5. The largest absolute Gasteiger partial charge is 0.306 e. The fraction of sp³-hybridized carbons (Fsp3) is 0.378. The first kappa shape index (κ1) is 39.0. The summed E-state index contributed by atoms with van der Waals surface area (Å²) in [6, 6.07) is 35.7. The molecule has 4 heteroatoms. The Hall–Kier alpha value is -2.76. The number of rotatable bonds is 2. The summed E-state index contributed by atoms with van der Waals surface area (Å²) in [5.41, 5.74) is 11.4. The Labute approximate surface area is 314 Å². The van der Waals surface area contributed by atoms with Crippen molar-refractivity contribution in [3.63, 3.8) is 0 Å². The molecular weight excluding hydrogens is 728 g/mol. The second-order valence-electron chi connectivity index (χ2n) is 13.7. The topological polar surface area (TPSA) is 6.48 Å². The highest BCUT2D eigenvalue weighted by Gasteiger charge is 2.33. The predicted molar refractivity (Wildman–Crippen MR) is 224 cm³/mol.